The quantitative estimate of drug-likeness (QED) is 0.176. The SMILES string of the molecule is [C-]#[N+]c1c(-n2c3ccccc3c3ccccc32)c(C#N)c(-n2c3ccccc3c3ccccc32)c([N+]#[C-])c1-n1c2ccccc2c2ccccc21. The maximum absolute atomic E-state index is 11.4. The third kappa shape index (κ3) is 3.72. The molecule has 3 aromatic heterocycles. The number of fused-ring (bicyclic) bond motifs is 9. The maximum atomic E-state index is 11.4. The Morgan fingerprint density at radius 1 is 0.373 bits per heavy atom. The van der Waals surface area contributed by atoms with Crippen molar-refractivity contribution in [3.63, 3.8) is 0 Å². The van der Waals surface area contributed by atoms with Crippen molar-refractivity contribution < 1.29 is 0 Å². The van der Waals surface area contributed by atoms with Gasteiger partial charge in [-0.25, -0.2) is 9.69 Å². The van der Waals surface area contributed by atoms with Crippen LogP contribution in [0.15, 0.2) is 146 Å². The van der Waals surface area contributed by atoms with Crippen molar-refractivity contribution in [2.75, 3.05) is 0 Å². The van der Waals surface area contributed by atoms with E-state index in [1.165, 1.54) is 0 Å². The van der Waals surface area contributed by atoms with Crippen molar-refractivity contribution in [2.45, 2.75) is 0 Å². The molecule has 234 valence electrons. The first kappa shape index (κ1) is 28.4. The lowest BCUT2D eigenvalue weighted by molar-refractivity contribution is 1.10. The van der Waals surface area contributed by atoms with Crippen LogP contribution in [0, 0.1) is 24.5 Å². The third-order valence-corrected chi connectivity index (χ3v) is 10.1. The molecule has 0 aliphatic rings. The topological polar surface area (TPSA) is 47.3 Å². The first-order valence-electron chi connectivity index (χ1n) is 16.6. The molecule has 0 fully saturated rings. The summed E-state index contributed by atoms with van der Waals surface area (Å²) in [7, 11) is 0. The summed E-state index contributed by atoms with van der Waals surface area (Å²) in [5, 5.41) is 17.5. The minimum atomic E-state index is 0.236. The lowest BCUT2D eigenvalue weighted by atomic mass is 10.0. The van der Waals surface area contributed by atoms with Gasteiger partial charge in [-0.3, -0.25) is 0 Å². The standard InChI is InChI=1S/C45H24N6/c1-47-41-43(49-35-21-9-3-15-28(35)29-16-4-10-22-36(29)49)34(27-46)44(50-37-23-11-5-17-30(37)31-18-6-12-24-38(31)50)42(48-2)45(41)51-39-25-13-7-19-32(39)33-20-8-14-26-40(33)51/h3-26H. The Bertz CT molecular complexity index is 2710. The highest BCUT2D eigenvalue weighted by molar-refractivity contribution is 6.15. The van der Waals surface area contributed by atoms with Crippen molar-refractivity contribution in [2.24, 2.45) is 0 Å². The zero-order valence-corrected chi connectivity index (χ0v) is 27.0. The number of benzene rings is 7. The molecule has 0 atom stereocenters. The number of para-hydroxylation sites is 6. The first-order chi connectivity index (χ1) is 25.2. The van der Waals surface area contributed by atoms with Crippen LogP contribution in [0.3, 0.4) is 0 Å². The number of hydrogen-bond donors (Lipinski definition) is 0. The second kappa shape index (κ2) is 10.7. The lowest BCUT2D eigenvalue weighted by Crippen LogP contribution is -2.09. The molecule has 0 saturated carbocycles. The van der Waals surface area contributed by atoms with E-state index in [0.29, 0.717) is 17.1 Å². The van der Waals surface area contributed by atoms with Crippen LogP contribution in [0.5, 0.6) is 0 Å². The van der Waals surface area contributed by atoms with Gasteiger partial charge >= 0.3 is 0 Å². The summed E-state index contributed by atoms with van der Waals surface area (Å²) in [6.45, 7) is 17.8. The molecule has 6 nitrogen and oxygen atoms in total. The van der Waals surface area contributed by atoms with Crippen LogP contribution in [0.2, 0.25) is 0 Å². The molecule has 0 unspecified atom stereocenters. The molecule has 6 heteroatoms. The van der Waals surface area contributed by atoms with Crippen molar-refractivity contribution in [3.8, 4) is 23.1 Å². The second-order valence-corrected chi connectivity index (χ2v) is 12.6. The molecule has 0 N–H and O–H groups in total. The van der Waals surface area contributed by atoms with E-state index in [1.54, 1.807) is 0 Å². The molecule has 10 aromatic rings. The number of nitriles is 1. The van der Waals surface area contributed by atoms with Gasteiger partial charge < -0.3 is 13.7 Å². The Labute approximate surface area is 292 Å². The van der Waals surface area contributed by atoms with E-state index in [1.807, 2.05) is 109 Å². The van der Waals surface area contributed by atoms with Gasteiger partial charge in [-0.15, -0.1) is 0 Å². The molecule has 0 radical (unpaired) electrons. The van der Waals surface area contributed by atoms with Gasteiger partial charge in [-0.1, -0.05) is 109 Å². The fourth-order valence-electron chi connectivity index (χ4n) is 8.14. The molecule has 0 spiro atoms. The van der Waals surface area contributed by atoms with Crippen molar-refractivity contribution in [1.82, 2.24) is 13.7 Å². The van der Waals surface area contributed by atoms with Gasteiger partial charge in [-0.05, 0) is 36.4 Å². The van der Waals surface area contributed by atoms with E-state index >= 15 is 0 Å². The lowest BCUT2D eigenvalue weighted by Gasteiger charge is -2.23. The largest absolute Gasteiger partial charge is 0.329 e. The molecule has 3 heterocycles. The van der Waals surface area contributed by atoms with E-state index < -0.39 is 0 Å². The zero-order valence-electron chi connectivity index (χ0n) is 27.0. The molecule has 0 bridgehead atoms. The van der Waals surface area contributed by atoms with Gasteiger partial charge in [0.2, 0.25) is 11.4 Å². The van der Waals surface area contributed by atoms with Crippen LogP contribution >= 0.6 is 0 Å². The molecule has 0 aliphatic carbocycles. The molecule has 51 heavy (non-hydrogen) atoms. The zero-order chi connectivity index (χ0) is 34.2. The average Bonchev–Trinajstić information content (AvgIpc) is 3.82. The van der Waals surface area contributed by atoms with Crippen LogP contribution in [0.1, 0.15) is 5.56 Å². The highest BCUT2D eigenvalue weighted by Crippen LogP contribution is 2.51. The smallest absolute Gasteiger partial charge is 0.225 e. The minimum absolute atomic E-state index is 0.236. The van der Waals surface area contributed by atoms with Crippen molar-refractivity contribution in [1.29, 1.82) is 5.26 Å². The fourth-order valence-corrected chi connectivity index (χ4v) is 8.14. The number of aromatic nitrogens is 3. The molecular weight excluding hydrogens is 625 g/mol. The van der Waals surface area contributed by atoms with E-state index in [4.69, 9.17) is 13.1 Å². The van der Waals surface area contributed by atoms with E-state index in [-0.39, 0.29) is 16.9 Å². The van der Waals surface area contributed by atoms with Crippen molar-refractivity contribution in [3.05, 3.63) is 174 Å². The summed E-state index contributed by atoms with van der Waals surface area (Å²) in [5.74, 6) is 0. The first-order valence-corrected chi connectivity index (χ1v) is 16.6. The Morgan fingerprint density at radius 3 is 0.843 bits per heavy atom. The summed E-state index contributed by atoms with van der Waals surface area (Å²) in [6.07, 6.45) is 0. The van der Waals surface area contributed by atoms with Gasteiger partial charge in [0.15, 0.2) is 0 Å². The minimum Gasteiger partial charge on any atom is -0.329 e. The third-order valence-electron chi connectivity index (χ3n) is 10.1. The highest BCUT2D eigenvalue weighted by Gasteiger charge is 2.32. The summed E-state index contributed by atoms with van der Waals surface area (Å²) in [6, 6.07) is 51.2. The monoisotopic (exact) mass is 648 g/mol. The molecule has 0 amide bonds. The van der Waals surface area contributed by atoms with Gasteiger partial charge in [-0.2, -0.15) is 5.26 Å². The van der Waals surface area contributed by atoms with Gasteiger partial charge in [0.05, 0.1) is 68.9 Å². The van der Waals surface area contributed by atoms with Gasteiger partial charge in [0, 0.05) is 32.3 Å². The van der Waals surface area contributed by atoms with Gasteiger partial charge in [0.1, 0.15) is 6.07 Å². The summed E-state index contributed by atoms with van der Waals surface area (Å²) in [5.41, 5.74) is 7.32. The summed E-state index contributed by atoms with van der Waals surface area (Å²) >= 11 is 0. The van der Waals surface area contributed by atoms with Crippen LogP contribution in [0.4, 0.5) is 11.4 Å². The Kier molecular flexibility index (Phi) is 5.97. The Morgan fingerprint density at radius 2 is 0.608 bits per heavy atom. The number of hydrogen-bond acceptors (Lipinski definition) is 1. The van der Waals surface area contributed by atoms with Crippen LogP contribution in [-0.4, -0.2) is 13.7 Å². The number of rotatable bonds is 3. The summed E-state index contributed by atoms with van der Waals surface area (Å²) in [4.78, 5) is 8.56. The van der Waals surface area contributed by atoms with Crippen LogP contribution in [-0.2, 0) is 0 Å². The maximum Gasteiger partial charge on any atom is 0.225 e. The molecule has 10 rings (SSSR count). The van der Waals surface area contributed by atoms with Crippen molar-refractivity contribution >= 4 is 76.8 Å². The predicted octanol–water partition coefficient (Wildman–Crippen LogP) is 12.0. The van der Waals surface area contributed by atoms with E-state index in [2.05, 4.69) is 65.9 Å². The van der Waals surface area contributed by atoms with E-state index in [9.17, 15) is 5.26 Å². The molecule has 7 aromatic carbocycles. The molecule has 0 saturated heterocycles. The molecular formula is C45H24N6. The van der Waals surface area contributed by atoms with Crippen LogP contribution < -0.4 is 0 Å². The second-order valence-electron chi connectivity index (χ2n) is 12.6. The molecule has 0 aliphatic heterocycles. The highest BCUT2D eigenvalue weighted by atomic mass is 15.1. The van der Waals surface area contributed by atoms with E-state index in [0.717, 1.165) is 65.4 Å². The average molecular weight is 649 g/mol. The number of nitrogens with zero attached hydrogens (tertiary/aromatic N) is 6. The van der Waals surface area contributed by atoms with Gasteiger partial charge in [0.25, 0.3) is 0 Å². The Hall–Kier alpha value is -7.59. The fraction of sp³-hybridized carbons (Fsp3) is 0. The van der Waals surface area contributed by atoms with Crippen LogP contribution in [0.25, 0.3) is 92.2 Å². The predicted molar refractivity (Wildman–Crippen MR) is 207 cm³/mol. The normalized spacial score (nSPS) is 11.5. The Balaban J connectivity index is 1.53. The summed E-state index contributed by atoms with van der Waals surface area (Å²) < 4.78 is 6.17.